The number of benzene rings is 1. The highest BCUT2D eigenvalue weighted by Crippen LogP contribution is 2.36. The molecule has 1 aliphatic carbocycles. The second-order valence-electron chi connectivity index (χ2n) is 9.23. The first kappa shape index (κ1) is 26.8. The Bertz CT molecular complexity index is 1480. The van der Waals surface area contributed by atoms with E-state index in [0.29, 0.717) is 53.0 Å². The van der Waals surface area contributed by atoms with Crippen molar-refractivity contribution in [3.05, 3.63) is 46.5 Å². The predicted molar refractivity (Wildman–Crippen MR) is 141 cm³/mol. The lowest BCUT2D eigenvalue weighted by molar-refractivity contribution is -0.141. The molecule has 37 heavy (non-hydrogen) atoms. The summed E-state index contributed by atoms with van der Waals surface area (Å²) in [5.74, 6) is -0.978. The molecule has 2 aromatic heterocycles. The number of halogens is 1. The van der Waals surface area contributed by atoms with Crippen LogP contribution in [0.15, 0.2) is 34.7 Å². The van der Waals surface area contributed by atoms with Gasteiger partial charge in [-0.3, -0.25) is 18.7 Å². The number of sulfonamides is 1. The summed E-state index contributed by atoms with van der Waals surface area (Å²) in [5, 5.41) is 3.60. The Balaban J connectivity index is 1.71. The number of nitrogens with zero attached hydrogens (tertiary/aromatic N) is 2. The fourth-order valence-corrected chi connectivity index (χ4v) is 5.78. The first-order chi connectivity index (χ1) is 17.5. The van der Waals surface area contributed by atoms with Crippen LogP contribution in [-0.4, -0.2) is 50.7 Å². The molecule has 3 aromatic rings. The van der Waals surface area contributed by atoms with Gasteiger partial charge in [-0.25, -0.2) is 8.42 Å². The van der Waals surface area contributed by atoms with Gasteiger partial charge in [-0.05, 0) is 68.5 Å². The summed E-state index contributed by atoms with van der Waals surface area (Å²) in [6.45, 7) is 1.80. The van der Waals surface area contributed by atoms with Crippen LogP contribution in [0.2, 0.25) is 5.02 Å². The number of Topliss-reactive ketones (excluding diaryl/α,β-unsaturated/α-hetero) is 2. The van der Waals surface area contributed by atoms with Crippen LogP contribution in [0.5, 0.6) is 0 Å². The van der Waals surface area contributed by atoms with E-state index < -0.39 is 10.0 Å². The van der Waals surface area contributed by atoms with Crippen molar-refractivity contribution in [2.45, 2.75) is 39.0 Å². The molecule has 0 bridgehead atoms. The topological polar surface area (TPSA) is 127 Å². The fourth-order valence-electron chi connectivity index (χ4n) is 4.70. The minimum absolute atomic E-state index is 0.0865. The Morgan fingerprint density at radius 2 is 1.95 bits per heavy atom. The van der Waals surface area contributed by atoms with E-state index in [9.17, 15) is 22.8 Å². The van der Waals surface area contributed by atoms with Crippen LogP contribution in [0.1, 0.15) is 48.0 Å². The van der Waals surface area contributed by atoms with E-state index in [1.807, 2.05) is 0 Å². The SMILES string of the molecule is CNC(=O)c1c(-c2ccc(Cl)cc2)oc2nc(N(CCCC3CCCC(=O)C3=O)S(C)(=O)=O)c(C)cc12. The Morgan fingerprint density at radius 3 is 2.59 bits per heavy atom. The van der Waals surface area contributed by atoms with Gasteiger partial charge < -0.3 is 9.73 Å². The molecule has 196 valence electrons. The van der Waals surface area contributed by atoms with Gasteiger partial charge in [0, 0.05) is 36.5 Å². The molecule has 1 unspecified atom stereocenters. The number of aromatic nitrogens is 1. The second kappa shape index (κ2) is 10.6. The van der Waals surface area contributed by atoms with Gasteiger partial charge in [-0.15, -0.1) is 0 Å². The normalized spacial score (nSPS) is 16.3. The summed E-state index contributed by atoms with van der Waals surface area (Å²) in [6.07, 6.45) is 3.48. The quantitative estimate of drug-likeness (QED) is 0.418. The van der Waals surface area contributed by atoms with Crippen molar-refractivity contribution in [3.63, 3.8) is 0 Å². The third-order valence-electron chi connectivity index (χ3n) is 6.56. The number of carbonyl (C=O) groups excluding carboxylic acids is 3. The Hall–Kier alpha value is -3.24. The molecule has 11 heteroatoms. The highest BCUT2D eigenvalue weighted by atomic mass is 35.5. The fraction of sp³-hybridized carbons (Fsp3) is 0.385. The maximum atomic E-state index is 12.8. The molecule has 4 rings (SSSR count). The summed E-state index contributed by atoms with van der Waals surface area (Å²) >= 11 is 6.01. The maximum absolute atomic E-state index is 12.8. The van der Waals surface area contributed by atoms with Gasteiger partial charge in [0.15, 0.2) is 5.78 Å². The zero-order valence-corrected chi connectivity index (χ0v) is 22.4. The van der Waals surface area contributed by atoms with Crippen LogP contribution in [0.3, 0.4) is 0 Å². The molecule has 0 saturated heterocycles. The third-order valence-corrected chi connectivity index (χ3v) is 7.97. The van der Waals surface area contributed by atoms with Crippen molar-refractivity contribution in [2.24, 2.45) is 5.92 Å². The smallest absolute Gasteiger partial charge is 0.255 e. The van der Waals surface area contributed by atoms with Crippen molar-refractivity contribution in [3.8, 4) is 11.3 Å². The molecule has 0 radical (unpaired) electrons. The number of fused-ring (bicyclic) bond motifs is 1. The standard InChI is InChI=1S/C26H28ClN3O6S/c1-15-14-19-21(25(33)28-2)23(17-9-11-18(27)12-10-17)36-26(19)29-24(15)30(37(3,34)35)13-5-7-16-6-4-8-20(31)22(16)32/h9-12,14,16H,4-8,13H2,1-3H3,(H,28,33). The Morgan fingerprint density at radius 1 is 1.24 bits per heavy atom. The lowest BCUT2D eigenvalue weighted by atomic mass is 9.84. The lowest BCUT2D eigenvalue weighted by Gasteiger charge is -2.24. The lowest BCUT2D eigenvalue weighted by Crippen LogP contribution is -2.34. The van der Waals surface area contributed by atoms with E-state index in [-0.39, 0.29) is 53.5 Å². The third kappa shape index (κ3) is 5.55. The van der Waals surface area contributed by atoms with E-state index in [1.165, 1.54) is 11.4 Å². The number of furan rings is 1. The molecular formula is C26H28ClN3O6S. The Kier molecular flexibility index (Phi) is 7.70. The maximum Gasteiger partial charge on any atom is 0.255 e. The number of rotatable bonds is 8. The average Bonchev–Trinajstić information content (AvgIpc) is 3.21. The molecule has 9 nitrogen and oxygen atoms in total. The Labute approximate surface area is 220 Å². The molecule has 1 aromatic carbocycles. The van der Waals surface area contributed by atoms with E-state index in [1.54, 1.807) is 37.3 Å². The number of hydrogen-bond donors (Lipinski definition) is 1. The molecule has 1 atom stereocenters. The minimum Gasteiger partial charge on any atom is -0.437 e. The number of anilines is 1. The van der Waals surface area contributed by atoms with Crippen molar-refractivity contribution in [2.75, 3.05) is 24.2 Å². The van der Waals surface area contributed by atoms with E-state index >= 15 is 0 Å². The molecule has 0 aliphatic heterocycles. The molecule has 1 amide bonds. The van der Waals surface area contributed by atoms with Gasteiger partial charge in [0.2, 0.25) is 21.5 Å². The zero-order valence-electron chi connectivity index (χ0n) is 20.8. The number of carbonyl (C=O) groups is 3. The number of hydrogen-bond acceptors (Lipinski definition) is 7. The highest BCUT2D eigenvalue weighted by Gasteiger charge is 2.30. The molecule has 2 heterocycles. The summed E-state index contributed by atoms with van der Waals surface area (Å²) in [6, 6.07) is 8.49. The first-order valence-corrected chi connectivity index (χ1v) is 14.2. The van der Waals surface area contributed by atoms with Crippen molar-refractivity contribution in [1.29, 1.82) is 0 Å². The van der Waals surface area contributed by atoms with Gasteiger partial charge in [-0.1, -0.05) is 11.6 Å². The number of pyridine rings is 1. The molecule has 1 aliphatic rings. The molecule has 1 N–H and O–H groups in total. The largest absolute Gasteiger partial charge is 0.437 e. The zero-order chi connectivity index (χ0) is 26.9. The van der Waals surface area contributed by atoms with Gasteiger partial charge in [0.1, 0.15) is 11.6 Å². The summed E-state index contributed by atoms with van der Waals surface area (Å²) in [4.78, 5) is 41.3. The van der Waals surface area contributed by atoms with E-state index in [2.05, 4.69) is 10.3 Å². The number of aryl methyl sites for hydroxylation is 1. The van der Waals surface area contributed by atoms with Crippen molar-refractivity contribution >= 4 is 56.0 Å². The average molecular weight is 546 g/mol. The highest BCUT2D eigenvalue weighted by molar-refractivity contribution is 7.92. The summed E-state index contributed by atoms with van der Waals surface area (Å²) < 4.78 is 32.7. The van der Waals surface area contributed by atoms with Crippen LogP contribution in [0, 0.1) is 12.8 Å². The molecule has 0 spiro atoms. The molecule has 1 saturated carbocycles. The van der Waals surface area contributed by atoms with Gasteiger partial charge >= 0.3 is 0 Å². The van der Waals surface area contributed by atoms with Crippen LogP contribution in [-0.2, 0) is 19.6 Å². The number of nitrogens with one attached hydrogen (secondary N) is 1. The predicted octanol–water partition coefficient (Wildman–Crippen LogP) is 4.30. The first-order valence-electron chi connectivity index (χ1n) is 12.0. The van der Waals surface area contributed by atoms with Gasteiger partial charge in [0.25, 0.3) is 5.91 Å². The molecule has 1 fully saturated rings. The van der Waals surface area contributed by atoms with Crippen molar-refractivity contribution in [1.82, 2.24) is 10.3 Å². The van der Waals surface area contributed by atoms with Crippen LogP contribution < -0.4 is 9.62 Å². The minimum atomic E-state index is -3.73. The van der Waals surface area contributed by atoms with E-state index in [0.717, 1.165) is 6.26 Å². The summed E-state index contributed by atoms with van der Waals surface area (Å²) in [7, 11) is -2.22. The van der Waals surface area contributed by atoms with Crippen molar-refractivity contribution < 1.29 is 27.2 Å². The van der Waals surface area contributed by atoms with E-state index in [4.69, 9.17) is 16.0 Å². The summed E-state index contributed by atoms with van der Waals surface area (Å²) in [5.41, 5.74) is 1.56. The number of ketones is 2. The van der Waals surface area contributed by atoms with Crippen LogP contribution in [0.25, 0.3) is 22.4 Å². The van der Waals surface area contributed by atoms with Gasteiger partial charge in [0.05, 0.1) is 17.2 Å². The van der Waals surface area contributed by atoms with Crippen LogP contribution >= 0.6 is 11.6 Å². The molecular weight excluding hydrogens is 518 g/mol. The number of amides is 1. The van der Waals surface area contributed by atoms with Gasteiger partial charge in [-0.2, -0.15) is 4.98 Å². The van der Waals surface area contributed by atoms with Crippen LogP contribution in [0.4, 0.5) is 5.82 Å². The monoisotopic (exact) mass is 545 g/mol. The second-order valence-corrected chi connectivity index (χ2v) is 11.6.